The number of nitrogens with one attached hydrogen (secondary N) is 1. The van der Waals surface area contributed by atoms with Gasteiger partial charge in [-0.2, -0.15) is 14.0 Å². The molecule has 1 aliphatic rings. The molecule has 0 amide bonds. The summed E-state index contributed by atoms with van der Waals surface area (Å²) in [6.07, 6.45) is 0.718. The molecule has 2 heterocycles. The van der Waals surface area contributed by atoms with Gasteiger partial charge in [0.2, 0.25) is 0 Å². The lowest BCUT2D eigenvalue weighted by Crippen LogP contribution is -2.46. The van der Waals surface area contributed by atoms with Crippen LogP contribution in [0.25, 0.3) is 11.3 Å². The average molecular weight is 361 g/mol. The molecule has 0 bridgehead atoms. The molecule has 3 rings (SSSR count). The smallest absolute Gasteiger partial charge is 0.374 e. The maximum absolute atomic E-state index is 13.8. The van der Waals surface area contributed by atoms with E-state index in [0.29, 0.717) is 30.8 Å². The summed E-state index contributed by atoms with van der Waals surface area (Å²) in [6.45, 7) is 1.07. The van der Waals surface area contributed by atoms with Gasteiger partial charge in [-0.05, 0) is 31.0 Å². The lowest BCUT2D eigenvalue weighted by molar-refractivity contribution is -0.176. The number of benzene rings is 1. The first-order valence-corrected chi connectivity index (χ1v) is 8.16. The average Bonchev–Trinajstić information content (AvgIpc) is 3.11. The largest absolute Gasteiger partial charge is 0.477 e. The molecule has 0 spiro atoms. The van der Waals surface area contributed by atoms with Crippen LogP contribution in [0.5, 0.6) is 0 Å². The van der Waals surface area contributed by atoms with Crippen molar-refractivity contribution in [2.75, 3.05) is 13.1 Å². The van der Waals surface area contributed by atoms with E-state index in [-0.39, 0.29) is 18.7 Å². The molecular weight excluding hydrogens is 344 g/mol. The number of carboxylic acids is 1. The molecule has 26 heavy (non-hydrogen) atoms. The van der Waals surface area contributed by atoms with Crippen LogP contribution in [0.1, 0.15) is 24.1 Å². The van der Waals surface area contributed by atoms with Crippen molar-refractivity contribution in [3.63, 3.8) is 0 Å². The van der Waals surface area contributed by atoms with Crippen molar-refractivity contribution < 1.29 is 18.7 Å². The number of aliphatic carboxylic acids is 1. The maximum atomic E-state index is 13.8. The van der Waals surface area contributed by atoms with E-state index in [1.165, 1.54) is 0 Å². The van der Waals surface area contributed by atoms with E-state index in [2.05, 4.69) is 15.4 Å². The van der Waals surface area contributed by atoms with E-state index >= 15 is 0 Å². The number of aromatic amines is 1. The second-order valence-corrected chi connectivity index (χ2v) is 6.35. The van der Waals surface area contributed by atoms with Crippen LogP contribution in [-0.2, 0) is 11.3 Å². The van der Waals surface area contributed by atoms with Crippen molar-refractivity contribution in [1.29, 1.82) is 5.26 Å². The van der Waals surface area contributed by atoms with Crippen molar-refractivity contribution >= 4 is 5.97 Å². The summed E-state index contributed by atoms with van der Waals surface area (Å²) in [5.41, 5.74) is 2.26. The molecule has 9 heteroatoms. The minimum atomic E-state index is -3.72. The SMILES string of the molecule is N#Cc1[nH]nnc1-c1cccc(CN2CCCC(C(F)(F)C(=O)O)C2)c1. The third kappa shape index (κ3) is 3.55. The Morgan fingerprint density at radius 2 is 2.31 bits per heavy atom. The number of H-pyrrole nitrogens is 1. The van der Waals surface area contributed by atoms with Crippen LogP contribution >= 0.6 is 0 Å². The van der Waals surface area contributed by atoms with Gasteiger partial charge < -0.3 is 5.11 Å². The summed E-state index contributed by atoms with van der Waals surface area (Å²) in [6, 6.07) is 9.26. The van der Waals surface area contributed by atoms with Crippen molar-refractivity contribution in [3.05, 3.63) is 35.5 Å². The minimum absolute atomic E-state index is 0.0247. The second kappa shape index (κ2) is 7.17. The number of rotatable bonds is 5. The quantitative estimate of drug-likeness (QED) is 0.846. The van der Waals surface area contributed by atoms with E-state index in [1.54, 1.807) is 12.1 Å². The van der Waals surface area contributed by atoms with Gasteiger partial charge in [-0.3, -0.25) is 4.90 Å². The maximum Gasteiger partial charge on any atom is 0.374 e. The number of carbonyl (C=O) groups is 1. The molecular formula is C17H17F2N5O2. The van der Waals surface area contributed by atoms with Crippen LogP contribution in [-0.4, -0.2) is 50.4 Å². The van der Waals surface area contributed by atoms with Gasteiger partial charge >= 0.3 is 11.9 Å². The lowest BCUT2D eigenvalue weighted by Gasteiger charge is -2.35. The Hall–Kier alpha value is -2.86. The summed E-state index contributed by atoms with van der Waals surface area (Å²) in [5, 5.41) is 27.9. The van der Waals surface area contributed by atoms with Gasteiger partial charge in [0, 0.05) is 24.6 Å². The molecule has 1 aliphatic heterocycles. The predicted molar refractivity (Wildman–Crippen MR) is 87.1 cm³/mol. The number of piperidine rings is 1. The van der Waals surface area contributed by atoms with Crippen LogP contribution in [0.3, 0.4) is 0 Å². The number of hydrogen-bond acceptors (Lipinski definition) is 5. The molecule has 7 nitrogen and oxygen atoms in total. The van der Waals surface area contributed by atoms with Gasteiger partial charge in [0.1, 0.15) is 11.8 Å². The fraction of sp³-hybridized carbons (Fsp3) is 0.412. The van der Waals surface area contributed by atoms with Crippen LogP contribution in [0.4, 0.5) is 8.78 Å². The Morgan fingerprint density at radius 1 is 1.50 bits per heavy atom. The molecule has 0 saturated carbocycles. The number of nitrogens with zero attached hydrogens (tertiary/aromatic N) is 4. The normalized spacial score (nSPS) is 18.4. The monoisotopic (exact) mass is 361 g/mol. The molecule has 1 aromatic carbocycles. The number of hydrogen-bond donors (Lipinski definition) is 2. The molecule has 0 aliphatic carbocycles. The number of carboxylic acid groups (broad SMARTS) is 1. The number of alkyl halides is 2. The van der Waals surface area contributed by atoms with Gasteiger partial charge in [-0.15, -0.1) is 5.10 Å². The fourth-order valence-corrected chi connectivity index (χ4v) is 3.25. The summed E-state index contributed by atoms with van der Waals surface area (Å²) in [5.74, 6) is -6.98. The Morgan fingerprint density at radius 3 is 3.04 bits per heavy atom. The molecule has 2 aromatic rings. The van der Waals surface area contributed by atoms with Crippen LogP contribution in [0.15, 0.2) is 24.3 Å². The fourth-order valence-electron chi connectivity index (χ4n) is 3.25. The first kappa shape index (κ1) is 17.9. The second-order valence-electron chi connectivity index (χ2n) is 6.35. The Balaban J connectivity index is 1.74. The first-order valence-electron chi connectivity index (χ1n) is 8.16. The molecule has 2 N–H and O–H groups in total. The van der Waals surface area contributed by atoms with Crippen molar-refractivity contribution in [2.24, 2.45) is 5.92 Å². The number of nitriles is 1. The minimum Gasteiger partial charge on any atom is -0.477 e. The molecule has 0 radical (unpaired) electrons. The van der Waals surface area contributed by atoms with Crippen LogP contribution in [0, 0.1) is 17.2 Å². The first-order chi connectivity index (χ1) is 12.4. The molecule has 1 atom stereocenters. The van der Waals surface area contributed by atoms with Gasteiger partial charge in [-0.1, -0.05) is 23.4 Å². The summed E-state index contributed by atoms with van der Waals surface area (Å²) < 4.78 is 27.6. The van der Waals surface area contributed by atoms with E-state index in [1.807, 2.05) is 23.1 Å². The zero-order valence-electron chi connectivity index (χ0n) is 13.8. The van der Waals surface area contributed by atoms with E-state index < -0.39 is 17.8 Å². The number of halogens is 2. The summed E-state index contributed by atoms with van der Waals surface area (Å²) in [4.78, 5) is 12.6. The van der Waals surface area contributed by atoms with Crippen molar-refractivity contribution in [1.82, 2.24) is 20.3 Å². The molecule has 136 valence electrons. The van der Waals surface area contributed by atoms with Gasteiger partial charge in [0.25, 0.3) is 0 Å². The molecule has 1 aromatic heterocycles. The van der Waals surface area contributed by atoms with Gasteiger partial charge in [-0.25, -0.2) is 9.89 Å². The lowest BCUT2D eigenvalue weighted by atomic mass is 9.91. The van der Waals surface area contributed by atoms with Gasteiger partial charge in [0.15, 0.2) is 5.69 Å². The van der Waals surface area contributed by atoms with Crippen molar-refractivity contribution in [3.8, 4) is 17.3 Å². The molecule has 1 saturated heterocycles. The highest BCUT2D eigenvalue weighted by Crippen LogP contribution is 2.33. The van der Waals surface area contributed by atoms with E-state index in [0.717, 1.165) is 5.56 Å². The molecule has 1 fully saturated rings. The zero-order chi connectivity index (χ0) is 18.7. The summed E-state index contributed by atoms with van der Waals surface area (Å²) >= 11 is 0. The summed E-state index contributed by atoms with van der Waals surface area (Å²) in [7, 11) is 0. The standard InChI is InChI=1S/C17H17F2N5O2/c18-17(19,16(25)26)13-5-2-6-24(10-13)9-11-3-1-4-12(7-11)15-14(8-20)21-23-22-15/h1,3-4,7,13H,2,5-6,9-10H2,(H,25,26)(H,21,22,23). The van der Waals surface area contributed by atoms with Gasteiger partial charge in [0.05, 0.1) is 0 Å². The topological polar surface area (TPSA) is 106 Å². The Labute approximate surface area is 148 Å². The van der Waals surface area contributed by atoms with E-state index in [9.17, 15) is 13.6 Å². The van der Waals surface area contributed by atoms with Crippen molar-refractivity contribution in [2.45, 2.75) is 25.3 Å². The van der Waals surface area contributed by atoms with Crippen LogP contribution in [0.2, 0.25) is 0 Å². The number of aromatic nitrogens is 3. The third-order valence-electron chi connectivity index (χ3n) is 4.57. The Kier molecular flexibility index (Phi) is 4.95. The number of likely N-dealkylation sites (tertiary alicyclic amines) is 1. The highest BCUT2D eigenvalue weighted by Gasteiger charge is 2.48. The third-order valence-corrected chi connectivity index (χ3v) is 4.57. The predicted octanol–water partition coefficient (Wildman–Crippen LogP) is 2.28. The Bertz CT molecular complexity index is 846. The molecule has 1 unspecified atom stereocenters. The van der Waals surface area contributed by atoms with E-state index in [4.69, 9.17) is 10.4 Å². The highest BCUT2D eigenvalue weighted by molar-refractivity contribution is 5.75. The van der Waals surface area contributed by atoms with Crippen LogP contribution < -0.4 is 0 Å². The zero-order valence-corrected chi connectivity index (χ0v) is 13.8. The highest BCUT2D eigenvalue weighted by atomic mass is 19.3.